The molecule has 1 aromatic carbocycles. The van der Waals surface area contributed by atoms with Gasteiger partial charge < -0.3 is 9.84 Å². The van der Waals surface area contributed by atoms with Crippen molar-refractivity contribution in [2.24, 2.45) is 0 Å². The molecule has 1 saturated carbocycles. The minimum Gasteiger partial charge on any atom is -0.487 e. The average molecular weight is 260 g/mol. The molecule has 2 nitrogen and oxygen atoms in total. The van der Waals surface area contributed by atoms with Crippen molar-refractivity contribution < 1.29 is 9.84 Å². The van der Waals surface area contributed by atoms with Crippen LogP contribution < -0.4 is 4.74 Å². The second-order valence-electron chi connectivity index (χ2n) is 6.30. The molecular weight excluding hydrogens is 236 g/mol. The molecule has 0 bridgehead atoms. The van der Waals surface area contributed by atoms with Crippen LogP contribution >= 0.6 is 0 Å². The molecule has 1 spiro atoms. The number of ether oxygens (including phenoxy) is 1. The van der Waals surface area contributed by atoms with E-state index in [1.54, 1.807) is 0 Å². The Morgan fingerprint density at radius 2 is 2.05 bits per heavy atom. The summed E-state index contributed by atoms with van der Waals surface area (Å²) in [5.41, 5.74) is 2.65. The Hall–Kier alpha value is -1.02. The van der Waals surface area contributed by atoms with Crippen LogP contribution in [0.3, 0.4) is 0 Å². The van der Waals surface area contributed by atoms with Gasteiger partial charge in [-0.3, -0.25) is 0 Å². The quantitative estimate of drug-likeness (QED) is 0.872. The molecule has 3 rings (SSSR count). The Balaban J connectivity index is 1.94. The zero-order chi connectivity index (χ0) is 13.3. The molecule has 1 heterocycles. The second kappa shape index (κ2) is 5.16. The number of aliphatic hydroxyl groups excluding tert-OH is 1. The van der Waals surface area contributed by atoms with Crippen LogP contribution in [0, 0.1) is 6.92 Å². The van der Waals surface area contributed by atoms with Crippen molar-refractivity contribution in [3.63, 3.8) is 0 Å². The first-order valence-corrected chi connectivity index (χ1v) is 7.63. The molecule has 19 heavy (non-hydrogen) atoms. The molecule has 1 unspecified atom stereocenters. The van der Waals surface area contributed by atoms with Crippen LogP contribution in [0.1, 0.15) is 62.0 Å². The van der Waals surface area contributed by atoms with E-state index in [0.717, 1.165) is 18.6 Å². The molecular formula is C17H24O2. The molecule has 1 aromatic rings. The van der Waals surface area contributed by atoms with Crippen molar-refractivity contribution in [1.29, 1.82) is 0 Å². The van der Waals surface area contributed by atoms with Gasteiger partial charge in [-0.15, -0.1) is 0 Å². The normalized spacial score (nSPS) is 24.8. The molecule has 0 aromatic heterocycles. The number of aryl methyl sites for hydroxylation is 1. The highest BCUT2D eigenvalue weighted by Gasteiger charge is 2.41. The minimum atomic E-state index is 0.0559. The van der Waals surface area contributed by atoms with E-state index < -0.39 is 0 Å². The fourth-order valence-electron chi connectivity index (χ4n) is 3.83. The van der Waals surface area contributed by atoms with E-state index in [0.29, 0.717) is 5.92 Å². The van der Waals surface area contributed by atoms with E-state index in [1.165, 1.54) is 43.2 Å². The summed E-state index contributed by atoms with van der Waals surface area (Å²) in [6.45, 7) is 2.40. The maximum atomic E-state index is 9.36. The predicted octanol–water partition coefficient (Wildman–Crippen LogP) is 3.95. The van der Waals surface area contributed by atoms with Crippen LogP contribution in [0.15, 0.2) is 18.2 Å². The first kappa shape index (κ1) is 13.0. The van der Waals surface area contributed by atoms with Gasteiger partial charge in [0.1, 0.15) is 11.4 Å². The highest BCUT2D eigenvalue weighted by Crippen LogP contribution is 2.48. The molecule has 104 valence electrons. The lowest BCUT2D eigenvalue weighted by Crippen LogP contribution is -2.42. The Bertz CT molecular complexity index is 447. The van der Waals surface area contributed by atoms with Gasteiger partial charge in [0.2, 0.25) is 0 Å². The van der Waals surface area contributed by atoms with Crippen molar-refractivity contribution in [2.45, 2.75) is 63.4 Å². The van der Waals surface area contributed by atoms with Crippen LogP contribution in [0.4, 0.5) is 0 Å². The molecule has 2 heteroatoms. The zero-order valence-electron chi connectivity index (χ0n) is 11.8. The summed E-state index contributed by atoms with van der Waals surface area (Å²) in [6.07, 6.45) is 8.23. The first-order chi connectivity index (χ1) is 9.22. The molecule has 1 atom stereocenters. The molecule has 1 aliphatic heterocycles. The molecule has 0 amide bonds. The summed E-state index contributed by atoms with van der Waals surface area (Å²) >= 11 is 0. The summed E-state index contributed by atoms with van der Waals surface area (Å²) in [7, 11) is 0. The van der Waals surface area contributed by atoms with Gasteiger partial charge in [-0.2, -0.15) is 0 Å². The third-order valence-corrected chi connectivity index (χ3v) is 4.79. The monoisotopic (exact) mass is 260 g/mol. The second-order valence-corrected chi connectivity index (χ2v) is 6.30. The zero-order valence-corrected chi connectivity index (χ0v) is 11.8. The highest BCUT2D eigenvalue weighted by molar-refractivity contribution is 5.42. The van der Waals surface area contributed by atoms with E-state index in [2.05, 4.69) is 25.1 Å². The van der Waals surface area contributed by atoms with Crippen molar-refractivity contribution in [2.75, 3.05) is 6.61 Å². The average Bonchev–Trinajstić information content (AvgIpc) is 2.41. The van der Waals surface area contributed by atoms with Gasteiger partial charge in [-0.1, -0.05) is 24.1 Å². The smallest absolute Gasteiger partial charge is 0.123 e. The first-order valence-electron chi connectivity index (χ1n) is 7.63. The number of rotatable bonds is 2. The minimum absolute atomic E-state index is 0.0559. The summed E-state index contributed by atoms with van der Waals surface area (Å²) in [4.78, 5) is 0. The fourth-order valence-corrected chi connectivity index (χ4v) is 3.83. The van der Waals surface area contributed by atoms with E-state index in [4.69, 9.17) is 4.74 Å². The molecule has 1 N–H and O–H groups in total. The van der Waals surface area contributed by atoms with Crippen LogP contribution in [0.5, 0.6) is 5.75 Å². The third-order valence-electron chi connectivity index (χ3n) is 4.79. The number of fused-ring (bicyclic) bond motifs is 1. The summed E-state index contributed by atoms with van der Waals surface area (Å²) in [5, 5.41) is 9.36. The van der Waals surface area contributed by atoms with Gasteiger partial charge in [0.05, 0.1) is 0 Å². The van der Waals surface area contributed by atoms with E-state index in [-0.39, 0.29) is 12.2 Å². The van der Waals surface area contributed by atoms with E-state index >= 15 is 0 Å². The van der Waals surface area contributed by atoms with Crippen molar-refractivity contribution in [1.82, 2.24) is 0 Å². The Morgan fingerprint density at radius 1 is 1.26 bits per heavy atom. The van der Waals surface area contributed by atoms with Crippen molar-refractivity contribution in [3.8, 4) is 5.75 Å². The van der Waals surface area contributed by atoms with Gasteiger partial charge in [0, 0.05) is 6.61 Å². The standard InChI is InChI=1S/C17H24O2/c1-13-5-6-16-15(11-13)14(7-10-18)12-17(19-16)8-3-2-4-9-17/h5-6,11,14,18H,2-4,7-10,12H2,1H3. The summed E-state index contributed by atoms with van der Waals surface area (Å²) in [5.74, 6) is 1.53. The molecule has 0 radical (unpaired) electrons. The number of aliphatic hydroxyl groups is 1. The van der Waals surface area contributed by atoms with E-state index in [9.17, 15) is 5.11 Å². The molecule has 0 saturated heterocycles. The van der Waals surface area contributed by atoms with Crippen LogP contribution in [0.2, 0.25) is 0 Å². The Kier molecular flexibility index (Phi) is 3.53. The van der Waals surface area contributed by atoms with Crippen molar-refractivity contribution >= 4 is 0 Å². The fraction of sp³-hybridized carbons (Fsp3) is 0.647. The van der Waals surface area contributed by atoms with E-state index in [1.807, 2.05) is 0 Å². The number of benzene rings is 1. The lowest BCUT2D eigenvalue weighted by atomic mass is 9.73. The SMILES string of the molecule is Cc1ccc2c(c1)C(CCO)CC1(CCCCC1)O2. The van der Waals surface area contributed by atoms with Gasteiger partial charge in [0.15, 0.2) is 0 Å². The lowest BCUT2D eigenvalue weighted by Gasteiger charge is -2.44. The lowest BCUT2D eigenvalue weighted by molar-refractivity contribution is -0.00125. The summed E-state index contributed by atoms with van der Waals surface area (Å²) in [6, 6.07) is 6.51. The number of hydrogen-bond donors (Lipinski definition) is 1. The van der Waals surface area contributed by atoms with Gasteiger partial charge in [0.25, 0.3) is 0 Å². The third kappa shape index (κ3) is 2.51. The van der Waals surface area contributed by atoms with Gasteiger partial charge >= 0.3 is 0 Å². The maximum Gasteiger partial charge on any atom is 0.123 e. The predicted molar refractivity (Wildman–Crippen MR) is 76.7 cm³/mol. The maximum absolute atomic E-state index is 9.36. The Morgan fingerprint density at radius 3 is 2.79 bits per heavy atom. The topological polar surface area (TPSA) is 29.5 Å². The van der Waals surface area contributed by atoms with Crippen LogP contribution in [0.25, 0.3) is 0 Å². The summed E-state index contributed by atoms with van der Waals surface area (Å²) < 4.78 is 6.41. The van der Waals surface area contributed by atoms with Crippen LogP contribution in [-0.4, -0.2) is 17.3 Å². The largest absolute Gasteiger partial charge is 0.487 e. The van der Waals surface area contributed by atoms with Crippen molar-refractivity contribution in [3.05, 3.63) is 29.3 Å². The number of hydrogen-bond acceptors (Lipinski definition) is 2. The molecule has 2 aliphatic rings. The van der Waals surface area contributed by atoms with Gasteiger partial charge in [-0.05, 0) is 63.0 Å². The molecule has 1 aliphatic carbocycles. The highest BCUT2D eigenvalue weighted by atomic mass is 16.5. The van der Waals surface area contributed by atoms with Crippen LogP contribution in [-0.2, 0) is 0 Å². The Labute approximate surface area is 115 Å². The van der Waals surface area contributed by atoms with Gasteiger partial charge in [-0.25, -0.2) is 0 Å². The molecule has 1 fully saturated rings.